The average molecular weight is 285 g/mol. The molecule has 0 radical (unpaired) electrons. The van der Waals surface area contributed by atoms with Crippen molar-refractivity contribution in [1.82, 2.24) is 20.3 Å². The van der Waals surface area contributed by atoms with Gasteiger partial charge in [0.1, 0.15) is 0 Å². The first-order chi connectivity index (χ1) is 10.2. The molecule has 0 bridgehead atoms. The van der Waals surface area contributed by atoms with Crippen LogP contribution in [0.25, 0.3) is 0 Å². The quantitative estimate of drug-likeness (QED) is 0.932. The van der Waals surface area contributed by atoms with E-state index >= 15 is 0 Å². The monoisotopic (exact) mass is 285 g/mol. The summed E-state index contributed by atoms with van der Waals surface area (Å²) in [6, 6.07) is 6.27. The highest BCUT2D eigenvalue weighted by Gasteiger charge is 2.24. The Morgan fingerprint density at radius 1 is 1.43 bits per heavy atom. The van der Waals surface area contributed by atoms with Crippen molar-refractivity contribution in [2.75, 3.05) is 11.4 Å². The maximum atomic E-state index is 12.3. The van der Waals surface area contributed by atoms with E-state index in [0.29, 0.717) is 6.54 Å². The van der Waals surface area contributed by atoms with E-state index in [1.165, 1.54) is 11.1 Å². The normalized spacial score (nSPS) is 13.3. The van der Waals surface area contributed by atoms with Crippen molar-refractivity contribution in [3.63, 3.8) is 0 Å². The second-order valence-corrected chi connectivity index (χ2v) is 5.23. The Morgan fingerprint density at radius 2 is 2.29 bits per heavy atom. The third-order valence-electron chi connectivity index (χ3n) is 3.92. The number of benzene rings is 1. The number of nitrogens with one attached hydrogen (secondary N) is 1. The van der Waals surface area contributed by atoms with Gasteiger partial charge in [0.25, 0.3) is 0 Å². The molecule has 0 aliphatic carbocycles. The van der Waals surface area contributed by atoms with Crippen molar-refractivity contribution >= 4 is 11.7 Å². The van der Waals surface area contributed by atoms with E-state index in [-0.39, 0.29) is 6.03 Å². The lowest BCUT2D eigenvalue weighted by Crippen LogP contribution is -2.38. The van der Waals surface area contributed by atoms with Crippen molar-refractivity contribution < 1.29 is 4.79 Å². The highest BCUT2D eigenvalue weighted by molar-refractivity contribution is 5.94. The molecule has 3 rings (SSSR count). The summed E-state index contributed by atoms with van der Waals surface area (Å²) in [6.07, 6.45) is 3.60. The van der Waals surface area contributed by atoms with Gasteiger partial charge in [-0.2, -0.15) is 0 Å². The number of carbonyl (C=O) groups excluding carboxylic acids is 1. The zero-order valence-corrected chi connectivity index (χ0v) is 12.3. The molecule has 2 heterocycles. The first-order valence-corrected chi connectivity index (χ1v) is 7.19. The maximum absolute atomic E-state index is 12.3. The summed E-state index contributed by atoms with van der Waals surface area (Å²) in [5.41, 5.74) is 4.47. The van der Waals surface area contributed by atoms with Crippen LogP contribution in [0.1, 0.15) is 23.7 Å². The molecule has 1 N–H and O–H groups in total. The summed E-state index contributed by atoms with van der Waals surface area (Å²) < 4.78 is 1.66. The summed E-state index contributed by atoms with van der Waals surface area (Å²) in [5.74, 6) is 0. The molecule has 6 heteroatoms. The van der Waals surface area contributed by atoms with Gasteiger partial charge in [0, 0.05) is 19.3 Å². The van der Waals surface area contributed by atoms with Gasteiger partial charge in [0.2, 0.25) is 0 Å². The summed E-state index contributed by atoms with van der Waals surface area (Å²) in [5, 5.41) is 10.6. The molecule has 2 aromatic rings. The predicted octanol–water partition coefficient (Wildman–Crippen LogP) is 1.65. The Morgan fingerprint density at radius 3 is 3.00 bits per heavy atom. The van der Waals surface area contributed by atoms with E-state index < -0.39 is 0 Å². The van der Waals surface area contributed by atoms with Crippen molar-refractivity contribution in [1.29, 1.82) is 0 Å². The van der Waals surface area contributed by atoms with E-state index in [1.807, 2.05) is 13.1 Å². The number of fused-ring (bicyclic) bond motifs is 1. The van der Waals surface area contributed by atoms with E-state index in [1.54, 1.807) is 15.8 Å². The topological polar surface area (TPSA) is 63.1 Å². The standard InChI is InChI=1S/C15H19N5O/c1-3-11-4-5-14-12(8-11)6-7-20(14)15(21)16-9-13-10-17-18-19(13)2/h4-5,8,10H,3,6-7,9H2,1-2H3,(H,16,21). The average Bonchev–Trinajstić information content (AvgIpc) is 3.10. The Labute approximate surface area is 123 Å². The van der Waals surface area contributed by atoms with Gasteiger partial charge in [-0.3, -0.25) is 9.58 Å². The molecule has 0 saturated carbocycles. The summed E-state index contributed by atoms with van der Waals surface area (Å²) >= 11 is 0. The van der Waals surface area contributed by atoms with Crippen LogP contribution in [0.5, 0.6) is 0 Å². The zero-order chi connectivity index (χ0) is 14.8. The number of nitrogens with zero attached hydrogens (tertiary/aromatic N) is 4. The number of aryl methyl sites for hydroxylation is 2. The van der Waals surface area contributed by atoms with Crippen LogP contribution in [-0.4, -0.2) is 27.6 Å². The Balaban J connectivity index is 1.69. The number of rotatable bonds is 3. The molecule has 0 atom stereocenters. The van der Waals surface area contributed by atoms with Gasteiger partial charge in [-0.15, -0.1) is 5.10 Å². The number of anilines is 1. The number of carbonyl (C=O) groups is 1. The minimum absolute atomic E-state index is 0.0702. The van der Waals surface area contributed by atoms with Gasteiger partial charge in [-0.1, -0.05) is 24.3 Å². The molecule has 1 aromatic carbocycles. The molecule has 1 aliphatic rings. The van der Waals surface area contributed by atoms with Gasteiger partial charge in [-0.05, 0) is 30.0 Å². The van der Waals surface area contributed by atoms with E-state index in [0.717, 1.165) is 30.8 Å². The van der Waals surface area contributed by atoms with Gasteiger partial charge in [0.15, 0.2) is 0 Å². The lowest BCUT2D eigenvalue weighted by molar-refractivity contribution is 0.246. The van der Waals surface area contributed by atoms with E-state index in [4.69, 9.17) is 0 Å². The van der Waals surface area contributed by atoms with Crippen molar-refractivity contribution in [3.8, 4) is 0 Å². The Bertz CT molecular complexity index is 664. The van der Waals surface area contributed by atoms with Gasteiger partial charge in [-0.25, -0.2) is 4.79 Å². The highest BCUT2D eigenvalue weighted by atomic mass is 16.2. The molecule has 0 saturated heterocycles. The fraction of sp³-hybridized carbons (Fsp3) is 0.400. The number of urea groups is 1. The second-order valence-electron chi connectivity index (χ2n) is 5.23. The third kappa shape index (κ3) is 2.61. The van der Waals surface area contributed by atoms with Gasteiger partial charge < -0.3 is 5.32 Å². The third-order valence-corrected chi connectivity index (χ3v) is 3.92. The minimum Gasteiger partial charge on any atom is -0.332 e. The van der Waals surface area contributed by atoms with Crippen LogP contribution in [0.2, 0.25) is 0 Å². The number of aromatic nitrogens is 3. The Kier molecular flexibility index (Phi) is 3.60. The zero-order valence-electron chi connectivity index (χ0n) is 12.3. The minimum atomic E-state index is -0.0702. The SMILES string of the molecule is CCc1ccc2c(c1)CCN2C(=O)NCc1cnnn1C. The molecule has 0 spiro atoms. The van der Waals surface area contributed by atoms with Crippen LogP contribution in [-0.2, 0) is 26.4 Å². The largest absolute Gasteiger partial charge is 0.332 e. The van der Waals surface area contributed by atoms with Crippen molar-refractivity contribution in [2.45, 2.75) is 26.3 Å². The predicted molar refractivity (Wildman–Crippen MR) is 80.1 cm³/mol. The molecule has 2 amide bonds. The molecule has 0 fully saturated rings. The molecular formula is C15H19N5O. The van der Waals surface area contributed by atoms with E-state index in [9.17, 15) is 4.79 Å². The van der Waals surface area contributed by atoms with Crippen LogP contribution in [0.4, 0.5) is 10.5 Å². The first kappa shape index (κ1) is 13.6. The summed E-state index contributed by atoms with van der Waals surface area (Å²) in [6.45, 7) is 3.31. The molecule has 1 aromatic heterocycles. The van der Waals surface area contributed by atoms with Gasteiger partial charge in [0.05, 0.1) is 18.4 Å². The number of amides is 2. The Hall–Kier alpha value is -2.37. The summed E-state index contributed by atoms with van der Waals surface area (Å²) in [4.78, 5) is 14.1. The van der Waals surface area contributed by atoms with E-state index in [2.05, 4.69) is 34.7 Å². The fourth-order valence-electron chi connectivity index (χ4n) is 2.62. The highest BCUT2D eigenvalue weighted by Crippen LogP contribution is 2.29. The van der Waals surface area contributed by atoms with Crippen molar-refractivity contribution in [3.05, 3.63) is 41.2 Å². The first-order valence-electron chi connectivity index (χ1n) is 7.19. The molecule has 21 heavy (non-hydrogen) atoms. The molecule has 110 valence electrons. The van der Waals surface area contributed by atoms with Crippen molar-refractivity contribution in [2.24, 2.45) is 7.05 Å². The van der Waals surface area contributed by atoms with Gasteiger partial charge >= 0.3 is 6.03 Å². The maximum Gasteiger partial charge on any atom is 0.322 e. The molecule has 1 aliphatic heterocycles. The number of hydrogen-bond acceptors (Lipinski definition) is 3. The van der Waals surface area contributed by atoms with Crippen LogP contribution >= 0.6 is 0 Å². The lowest BCUT2D eigenvalue weighted by Gasteiger charge is -2.18. The lowest BCUT2D eigenvalue weighted by atomic mass is 10.1. The summed E-state index contributed by atoms with van der Waals surface area (Å²) in [7, 11) is 1.81. The number of hydrogen-bond donors (Lipinski definition) is 1. The molecule has 6 nitrogen and oxygen atoms in total. The fourth-order valence-corrected chi connectivity index (χ4v) is 2.62. The molecule has 0 unspecified atom stereocenters. The van der Waals surface area contributed by atoms with Crippen LogP contribution < -0.4 is 10.2 Å². The van der Waals surface area contributed by atoms with Crippen LogP contribution in [0.15, 0.2) is 24.4 Å². The van der Waals surface area contributed by atoms with Crippen LogP contribution in [0.3, 0.4) is 0 Å². The smallest absolute Gasteiger partial charge is 0.322 e. The molecular weight excluding hydrogens is 266 g/mol. The van der Waals surface area contributed by atoms with Crippen LogP contribution in [0, 0.1) is 0 Å². The second kappa shape index (κ2) is 5.55.